The molecule has 3 aromatic rings. The zero-order valence-electron chi connectivity index (χ0n) is 11.5. The number of aryl methyl sites for hydroxylation is 3. The van der Waals surface area contributed by atoms with E-state index in [0.717, 1.165) is 29.9 Å². The zero-order valence-corrected chi connectivity index (χ0v) is 11.5. The Balaban J connectivity index is 1.74. The SMILES string of the molecule is Cc1noc(C)c1CCCn1cnc2cc[nH]c2c1=O. The van der Waals surface area contributed by atoms with E-state index in [1.54, 1.807) is 23.2 Å². The Morgan fingerprint density at radius 3 is 3.00 bits per heavy atom. The van der Waals surface area contributed by atoms with Gasteiger partial charge < -0.3 is 9.51 Å². The molecule has 1 N–H and O–H groups in total. The largest absolute Gasteiger partial charge is 0.361 e. The minimum Gasteiger partial charge on any atom is -0.361 e. The fourth-order valence-electron chi connectivity index (χ4n) is 2.41. The smallest absolute Gasteiger partial charge is 0.277 e. The molecule has 0 aliphatic rings. The normalized spacial score (nSPS) is 11.3. The van der Waals surface area contributed by atoms with Gasteiger partial charge in [0.2, 0.25) is 0 Å². The van der Waals surface area contributed by atoms with Gasteiger partial charge in [-0.05, 0) is 32.8 Å². The van der Waals surface area contributed by atoms with E-state index in [1.807, 2.05) is 13.8 Å². The lowest BCUT2D eigenvalue weighted by Gasteiger charge is -2.05. The Kier molecular flexibility index (Phi) is 3.14. The Labute approximate surface area is 115 Å². The molecular weight excluding hydrogens is 256 g/mol. The third kappa shape index (κ3) is 2.13. The van der Waals surface area contributed by atoms with Crippen molar-refractivity contribution in [3.8, 4) is 0 Å². The molecule has 20 heavy (non-hydrogen) atoms. The topological polar surface area (TPSA) is 76.7 Å². The van der Waals surface area contributed by atoms with Crippen molar-refractivity contribution < 1.29 is 4.52 Å². The van der Waals surface area contributed by atoms with Gasteiger partial charge in [0.25, 0.3) is 5.56 Å². The zero-order chi connectivity index (χ0) is 14.1. The molecule has 3 heterocycles. The summed E-state index contributed by atoms with van der Waals surface area (Å²) in [6, 6.07) is 1.80. The van der Waals surface area contributed by atoms with Crippen LogP contribution in [0.25, 0.3) is 11.0 Å². The summed E-state index contributed by atoms with van der Waals surface area (Å²) in [5.74, 6) is 0.854. The number of hydrogen-bond acceptors (Lipinski definition) is 4. The van der Waals surface area contributed by atoms with Crippen molar-refractivity contribution in [1.82, 2.24) is 19.7 Å². The van der Waals surface area contributed by atoms with E-state index in [0.29, 0.717) is 17.6 Å². The Morgan fingerprint density at radius 1 is 1.40 bits per heavy atom. The second-order valence-electron chi connectivity index (χ2n) is 4.89. The monoisotopic (exact) mass is 272 g/mol. The molecule has 0 unspecified atom stereocenters. The van der Waals surface area contributed by atoms with Gasteiger partial charge in [0.05, 0.1) is 17.5 Å². The van der Waals surface area contributed by atoms with Gasteiger partial charge in [0.15, 0.2) is 0 Å². The first kappa shape index (κ1) is 12.7. The predicted molar refractivity (Wildman–Crippen MR) is 74.7 cm³/mol. The van der Waals surface area contributed by atoms with E-state index in [2.05, 4.69) is 15.1 Å². The molecule has 6 nitrogen and oxygen atoms in total. The number of aromatic amines is 1. The Hall–Kier alpha value is -2.37. The number of fused-ring (bicyclic) bond motifs is 1. The van der Waals surface area contributed by atoms with Crippen molar-refractivity contribution in [3.05, 3.63) is 46.0 Å². The number of rotatable bonds is 4. The van der Waals surface area contributed by atoms with Crippen molar-refractivity contribution >= 4 is 11.0 Å². The molecule has 0 aliphatic heterocycles. The summed E-state index contributed by atoms with van der Waals surface area (Å²) in [5, 5.41) is 3.93. The maximum atomic E-state index is 12.2. The summed E-state index contributed by atoms with van der Waals surface area (Å²) in [6.45, 7) is 4.48. The van der Waals surface area contributed by atoms with Crippen LogP contribution in [0.4, 0.5) is 0 Å². The first-order chi connectivity index (χ1) is 9.66. The van der Waals surface area contributed by atoms with Crippen LogP contribution >= 0.6 is 0 Å². The van der Waals surface area contributed by atoms with Crippen LogP contribution in [0.5, 0.6) is 0 Å². The van der Waals surface area contributed by atoms with Gasteiger partial charge in [-0.1, -0.05) is 5.16 Å². The Morgan fingerprint density at radius 2 is 2.25 bits per heavy atom. The van der Waals surface area contributed by atoms with Gasteiger partial charge in [-0.2, -0.15) is 0 Å². The van der Waals surface area contributed by atoms with Crippen LogP contribution in [-0.4, -0.2) is 19.7 Å². The van der Waals surface area contributed by atoms with Crippen molar-refractivity contribution in [2.45, 2.75) is 33.2 Å². The van der Waals surface area contributed by atoms with E-state index >= 15 is 0 Å². The summed E-state index contributed by atoms with van der Waals surface area (Å²) >= 11 is 0. The van der Waals surface area contributed by atoms with Crippen LogP contribution in [0.1, 0.15) is 23.4 Å². The fraction of sp³-hybridized carbons (Fsp3) is 0.357. The van der Waals surface area contributed by atoms with E-state index in [4.69, 9.17) is 4.52 Å². The standard InChI is InChI=1S/C14H16N4O2/c1-9-11(10(2)20-17-9)4-3-7-18-8-16-12-5-6-15-13(12)14(18)19/h5-6,8,15H,3-4,7H2,1-2H3. The van der Waals surface area contributed by atoms with Gasteiger partial charge in [0.1, 0.15) is 11.3 Å². The maximum Gasteiger partial charge on any atom is 0.277 e. The average molecular weight is 272 g/mol. The number of H-pyrrole nitrogens is 1. The summed E-state index contributed by atoms with van der Waals surface area (Å²) in [7, 11) is 0. The molecule has 0 aromatic carbocycles. The summed E-state index contributed by atoms with van der Waals surface area (Å²) < 4.78 is 6.77. The third-order valence-corrected chi connectivity index (χ3v) is 3.54. The summed E-state index contributed by atoms with van der Waals surface area (Å²) in [5.41, 5.74) is 3.29. The van der Waals surface area contributed by atoms with E-state index < -0.39 is 0 Å². The third-order valence-electron chi connectivity index (χ3n) is 3.54. The molecule has 104 valence electrons. The predicted octanol–water partition coefficient (Wildman–Crippen LogP) is 1.96. The number of nitrogens with zero attached hydrogens (tertiary/aromatic N) is 3. The van der Waals surface area contributed by atoms with Crippen LogP contribution < -0.4 is 5.56 Å². The number of nitrogens with one attached hydrogen (secondary N) is 1. The van der Waals surface area contributed by atoms with Gasteiger partial charge in [-0.3, -0.25) is 9.36 Å². The van der Waals surface area contributed by atoms with Crippen LogP contribution in [0, 0.1) is 13.8 Å². The summed E-state index contributed by atoms with van der Waals surface area (Å²) in [6.07, 6.45) is 5.02. The number of aromatic nitrogens is 4. The molecule has 0 saturated heterocycles. The fourth-order valence-corrected chi connectivity index (χ4v) is 2.41. The lowest BCUT2D eigenvalue weighted by molar-refractivity contribution is 0.392. The molecule has 0 amide bonds. The lowest BCUT2D eigenvalue weighted by Crippen LogP contribution is -2.21. The molecule has 0 radical (unpaired) electrons. The Bertz CT molecular complexity index is 777. The highest BCUT2D eigenvalue weighted by molar-refractivity contribution is 5.73. The van der Waals surface area contributed by atoms with E-state index in [-0.39, 0.29) is 5.56 Å². The second-order valence-corrected chi connectivity index (χ2v) is 4.89. The molecular formula is C14H16N4O2. The minimum atomic E-state index is -0.0289. The van der Waals surface area contributed by atoms with Crippen molar-refractivity contribution in [2.75, 3.05) is 0 Å². The van der Waals surface area contributed by atoms with Crippen molar-refractivity contribution in [2.24, 2.45) is 0 Å². The minimum absolute atomic E-state index is 0.0289. The van der Waals surface area contributed by atoms with E-state index in [1.165, 1.54) is 0 Å². The first-order valence-corrected chi connectivity index (χ1v) is 6.61. The highest BCUT2D eigenvalue weighted by Crippen LogP contribution is 2.14. The molecule has 0 saturated carbocycles. The van der Waals surface area contributed by atoms with Gasteiger partial charge in [-0.15, -0.1) is 0 Å². The highest BCUT2D eigenvalue weighted by atomic mass is 16.5. The molecule has 6 heteroatoms. The number of hydrogen-bond donors (Lipinski definition) is 1. The maximum absolute atomic E-state index is 12.2. The molecule has 0 fully saturated rings. The summed E-state index contributed by atoms with van der Waals surface area (Å²) in [4.78, 5) is 19.4. The molecule has 0 bridgehead atoms. The van der Waals surface area contributed by atoms with Gasteiger partial charge in [-0.25, -0.2) is 4.98 Å². The molecule has 0 aliphatic carbocycles. The molecule has 0 spiro atoms. The van der Waals surface area contributed by atoms with Gasteiger partial charge in [0, 0.05) is 18.3 Å². The van der Waals surface area contributed by atoms with Crippen LogP contribution in [0.2, 0.25) is 0 Å². The van der Waals surface area contributed by atoms with Crippen molar-refractivity contribution in [1.29, 1.82) is 0 Å². The van der Waals surface area contributed by atoms with Gasteiger partial charge >= 0.3 is 0 Å². The second kappa shape index (κ2) is 4.96. The highest BCUT2D eigenvalue weighted by Gasteiger charge is 2.09. The molecule has 3 aromatic heterocycles. The lowest BCUT2D eigenvalue weighted by atomic mass is 10.1. The van der Waals surface area contributed by atoms with Crippen LogP contribution in [0.3, 0.4) is 0 Å². The molecule has 3 rings (SSSR count). The average Bonchev–Trinajstić information content (AvgIpc) is 3.02. The van der Waals surface area contributed by atoms with Crippen LogP contribution in [0.15, 0.2) is 27.9 Å². The molecule has 0 atom stereocenters. The quantitative estimate of drug-likeness (QED) is 0.787. The van der Waals surface area contributed by atoms with Crippen LogP contribution in [-0.2, 0) is 13.0 Å². The van der Waals surface area contributed by atoms with E-state index in [9.17, 15) is 4.79 Å². The van der Waals surface area contributed by atoms with Crippen molar-refractivity contribution in [3.63, 3.8) is 0 Å². The first-order valence-electron chi connectivity index (χ1n) is 6.61.